The van der Waals surface area contributed by atoms with Gasteiger partial charge in [-0.3, -0.25) is 14.5 Å². The summed E-state index contributed by atoms with van der Waals surface area (Å²) < 4.78 is 12.7. The standard InChI is InChI=1S/C12H15FN2O3.ClH/c1-15(8-11(16)14-6-12(17)18)7-9-2-4-10(13)5-3-9;/h2-5H,6-8H2,1H3,(H,14,16)(H,17,18);1H. The third-order valence-corrected chi connectivity index (χ3v) is 2.22. The van der Waals surface area contributed by atoms with Gasteiger partial charge in [-0.2, -0.15) is 0 Å². The van der Waals surface area contributed by atoms with E-state index in [0.29, 0.717) is 6.54 Å². The molecule has 0 aliphatic carbocycles. The molecule has 106 valence electrons. The van der Waals surface area contributed by atoms with Crippen LogP contribution in [0.25, 0.3) is 0 Å². The number of aliphatic carboxylic acids is 1. The van der Waals surface area contributed by atoms with E-state index in [1.165, 1.54) is 12.1 Å². The summed E-state index contributed by atoms with van der Waals surface area (Å²) in [5, 5.41) is 10.7. The largest absolute Gasteiger partial charge is 0.480 e. The maximum atomic E-state index is 12.7. The van der Waals surface area contributed by atoms with Crippen molar-refractivity contribution in [1.82, 2.24) is 10.2 Å². The zero-order valence-corrected chi connectivity index (χ0v) is 11.2. The van der Waals surface area contributed by atoms with E-state index in [1.54, 1.807) is 24.1 Å². The molecule has 0 aliphatic heterocycles. The minimum atomic E-state index is -1.08. The van der Waals surface area contributed by atoms with E-state index in [9.17, 15) is 14.0 Å². The highest BCUT2D eigenvalue weighted by Gasteiger charge is 2.08. The predicted octanol–water partition coefficient (Wildman–Crippen LogP) is 0.880. The quantitative estimate of drug-likeness (QED) is 0.816. The second-order valence-corrected chi connectivity index (χ2v) is 3.97. The fraction of sp³-hybridized carbons (Fsp3) is 0.333. The van der Waals surface area contributed by atoms with Gasteiger partial charge in [0.2, 0.25) is 5.91 Å². The maximum Gasteiger partial charge on any atom is 0.322 e. The fourth-order valence-electron chi connectivity index (χ4n) is 1.43. The molecule has 1 aromatic carbocycles. The van der Waals surface area contributed by atoms with Crippen LogP contribution >= 0.6 is 12.4 Å². The predicted molar refractivity (Wildman–Crippen MR) is 70.6 cm³/mol. The third-order valence-electron chi connectivity index (χ3n) is 2.22. The van der Waals surface area contributed by atoms with Gasteiger partial charge in [-0.15, -0.1) is 12.4 Å². The van der Waals surface area contributed by atoms with Gasteiger partial charge in [-0.05, 0) is 24.7 Å². The molecular weight excluding hydrogens is 275 g/mol. The second kappa shape index (κ2) is 8.44. The normalized spacial score (nSPS) is 9.84. The lowest BCUT2D eigenvalue weighted by Crippen LogP contribution is -2.37. The number of carbonyl (C=O) groups is 2. The molecule has 0 fully saturated rings. The highest BCUT2D eigenvalue weighted by molar-refractivity contribution is 5.85. The number of hydrogen-bond donors (Lipinski definition) is 2. The van der Waals surface area contributed by atoms with Crippen molar-refractivity contribution in [3.05, 3.63) is 35.6 Å². The van der Waals surface area contributed by atoms with Crippen molar-refractivity contribution >= 4 is 24.3 Å². The number of nitrogens with zero attached hydrogens (tertiary/aromatic N) is 1. The summed E-state index contributed by atoms with van der Waals surface area (Å²) in [6.07, 6.45) is 0. The topological polar surface area (TPSA) is 69.6 Å². The molecule has 5 nitrogen and oxygen atoms in total. The molecule has 0 aromatic heterocycles. The molecule has 19 heavy (non-hydrogen) atoms. The van der Waals surface area contributed by atoms with Crippen LogP contribution in [0.15, 0.2) is 24.3 Å². The minimum absolute atomic E-state index is 0. The van der Waals surface area contributed by atoms with Crippen molar-refractivity contribution in [3.8, 4) is 0 Å². The Morgan fingerprint density at radius 2 is 1.89 bits per heavy atom. The highest BCUT2D eigenvalue weighted by atomic mass is 35.5. The average Bonchev–Trinajstić information content (AvgIpc) is 2.29. The number of carboxylic acids is 1. The van der Waals surface area contributed by atoms with Crippen molar-refractivity contribution in [1.29, 1.82) is 0 Å². The molecule has 0 aliphatic rings. The number of hydrogen-bond acceptors (Lipinski definition) is 3. The summed E-state index contributed by atoms with van der Waals surface area (Å²) in [5.41, 5.74) is 0.880. The Hall–Kier alpha value is -1.66. The molecular formula is C12H16ClFN2O3. The molecule has 1 rings (SSSR count). The van der Waals surface area contributed by atoms with Gasteiger partial charge in [0.05, 0.1) is 6.54 Å². The molecule has 0 saturated heterocycles. The fourth-order valence-corrected chi connectivity index (χ4v) is 1.43. The van der Waals surface area contributed by atoms with Crippen LogP contribution in [0, 0.1) is 5.82 Å². The molecule has 0 heterocycles. The van der Waals surface area contributed by atoms with Crippen LogP contribution in [-0.2, 0) is 16.1 Å². The molecule has 0 atom stereocenters. The molecule has 0 spiro atoms. The van der Waals surface area contributed by atoms with Gasteiger partial charge in [0.25, 0.3) is 0 Å². The van der Waals surface area contributed by atoms with Crippen molar-refractivity contribution in [2.45, 2.75) is 6.54 Å². The molecule has 1 amide bonds. The third kappa shape index (κ3) is 7.38. The van der Waals surface area contributed by atoms with Gasteiger partial charge < -0.3 is 10.4 Å². The molecule has 0 unspecified atom stereocenters. The van der Waals surface area contributed by atoms with Gasteiger partial charge in [-0.1, -0.05) is 12.1 Å². The van der Waals surface area contributed by atoms with Crippen LogP contribution in [-0.4, -0.2) is 42.0 Å². The minimum Gasteiger partial charge on any atom is -0.480 e. The van der Waals surface area contributed by atoms with Crippen LogP contribution in [0.4, 0.5) is 4.39 Å². The number of halogens is 2. The SMILES string of the molecule is CN(CC(=O)NCC(=O)O)Cc1ccc(F)cc1.Cl. The number of nitrogens with one attached hydrogen (secondary N) is 1. The van der Waals surface area contributed by atoms with Crippen molar-refractivity contribution in [2.75, 3.05) is 20.1 Å². The molecule has 2 N–H and O–H groups in total. The highest BCUT2D eigenvalue weighted by Crippen LogP contribution is 2.05. The summed E-state index contributed by atoms with van der Waals surface area (Å²) in [6, 6.07) is 5.99. The van der Waals surface area contributed by atoms with Crippen LogP contribution in [0.1, 0.15) is 5.56 Å². The maximum absolute atomic E-state index is 12.7. The molecule has 0 saturated carbocycles. The van der Waals surface area contributed by atoms with E-state index in [-0.39, 0.29) is 37.2 Å². The van der Waals surface area contributed by atoms with E-state index in [0.717, 1.165) is 5.56 Å². The lowest BCUT2D eigenvalue weighted by Gasteiger charge is -2.15. The Morgan fingerprint density at radius 1 is 1.32 bits per heavy atom. The summed E-state index contributed by atoms with van der Waals surface area (Å²) >= 11 is 0. The smallest absolute Gasteiger partial charge is 0.322 e. The van der Waals surface area contributed by atoms with Gasteiger partial charge in [0.15, 0.2) is 0 Å². The Morgan fingerprint density at radius 3 is 2.42 bits per heavy atom. The van der Waals surface area contributed by atoms with Crippen LogP contribution < -0.4 is 5.32 Å². The van der Waals surface area contributed by atoms with Gasteiger partial charge in [-0.25, -0.2) is 4.39 Å². The number of benzene rings is 1. The number of likely N-dealkylation sites (N-methyl/N-ethyl adjacent to an activating group) is 1. The number of carboxylic acid groups (broad SMARTS) is 1. The number of carbonyl (C=O) groups excluding carboxylic acids is 1. The zero-order valence-electron chi connectivity index (χ0n) is 10.4. The number of rotatable bonds is 6. The summed E-state index contributed by atoms with van der Waals surface area (Å²) in [6.45, 7) is 0.189. The van der Waals surface area contributed by atoms with Crippen LogP contribution in [0.3, 0.4) is 0 Å². The second-order valence-electron chi connectivity index (χ2n) is 3.97. The summed E-state index contributed by atoms with van der Waals surface area (Å²) in [4.78, 5) is 23.3. The Labute approximate surface area is 116 Å². The number of amides is 1. The van der Waals surface area contributed by atoms with Crippen LogP contribution in [0.2, 0.25) is 0 Å². The zero-order chi connectivity index (χ0) is 13.5. The molecule has 0 radical (unpaired) electrons. The van der Waals surface area contributed by atoms with E-state index < -0.39 is 5.97 Å². The van der Waals surface area contributed by atoms with E-state index in [1.807, 2.05) is 0 Å². The molecule has 7 heteroatoms. The first kappa shape index (κ1) is 17.3. The first-order valence-electron chi connectivity index (χ1n) is 5.39. The monoisotopic (exact) mass is 290 g/mol. The van der Waals surface area contributed by atoms with Gasteiger partial charge in [0, 0.05) is 6.54 Å². The van der Waals surface area contributed by atoms with E-state index >= 15 is 0 Å². The Bertz CT molecular complexity index is 425. The van der Waals surface area contributed by atoms with Crippen molar-refractivity contribution in [3.63, 3.8) is 0 Å². The average molecular weight is 291 g/mol. The van der Waals surface area contributed by atoms with Crippen LogP contribution in [0.5, 0.6) is 0 Å². The van der Waals surface area contributed by atoms with E-state index in [2.05, 4.69) is 5.32 Å². The first-order valence-corrected chi connectivity index (χ1v) is 5.39. The van der Waals surface area contributed by atoms with Crippen molar-refractivity contribution < 1.29 is 19.1 Å². The lowest BCUT2D eigenvalue weighted by molar-refractivity contribution is -0.138. The van der Waals surface area contributed by atoms with E-state index in [4.69, 9.17) is 5.11 Å². The summed E-state index contributed by atoms with van der Waals surface area (Å²) in [5.74, 6) is -1.74. The lowest BCUT2D eigenvalue weighted by atomic mass is 10.2. The first-order chi connectivity index (χ1) is 8.47. The van der Waals surface area contributed by atoms with Crippen molar-refractivity contribution in [2.24, 2.45) is 0 Å². The Kier molecular flexibility index (Phi) is 7.71. The van der Waals surface area contributed by atoms with Gasteiger partial charge in [0.1, 0.15) is 12.4 Å². The molecule has 0 bridgehead atoms. The summed E-state index contributed by atoms with van der Waals surface area (Å²) in [7, 11) is 1.73. The van der Waals surface area contributed by atoms with Gasteiger partial charge >= 0.3 is 5.97 Å². The Balaban J connectivity index is 0.00000324. The molecule has 1 aromatic rings.